The fourth-order valence-corrected chi connectivity index (χ4v) is 3.18. The molecule has 1 saturated heterocycles. The Balaban J connectivity index is 1.89. The normalized spacial score (nSPS) is 25.9. The number of pyridine rings is 1. The van der Waals surface area contributed by atoms with Crippen LogP contribution in [0.3, 0.4) is 0 Å². The minimum atomic E-state index is -4.95. The second kappa shape index (κ2) is 6.38. The molecule has 3 unspecified atom stereocenters. The molecule has 3 atom stereocenters. The zero-order chi connectivity index (χ0) is 19.2. The lowest BCUT2D eigenvalue weighted by molar-refractivity contribution is -0.151. The van der Waals surface area contributed by atoms with Crippen LogP contribution in [0, 0.1) is 11.7 Å². The highest BCUT2D eigenvalue weighted by Crippen LogP contribution is 2.34. The van der Waals surface area contributed by atoms with Crippen molar-refractivity contribution in [3.8, 4) is 0 Å². The molecule has 2 aliphatic heterocycles. The topological polar surface area (TPSA) is 89.3 Å². The Hall–Kier alpha value is -2.43. The number of hydrogen-bond donors (Lipinski definition) is 2. The van der Waals surface area contributed by atoms with Crippen molar-refractivity contribution in [2.24, 2.45) is 11.0 Å². The average molecular weight is 376 g/mol. The van der Waals surface area contributed by atoms with Gasteiger partial charge in [0.2, 0.25) is 6.35 Å². The average Bonchev–Trinajstić information content (AvgIpc) is 2.86. The number of amidine groups is 1. The zero-order valence-corrected chi connectivity index (χ0v) is 13.6. The Bertz CT molecular complexity index is 755. The second-order valence-electron chi connectivity index (χ2n) is 6.27. The quantitative estimate of drug-likeness (QED) is 0.783. The molecule has 0 aliphatic carbocycles. The van der Waals surface area contributed by atoms with Crippen LogP contribution < -0.4 is 0 Å². The van der Waals surface area contributed by atoms with Gasteiger partial charge in [0.1, 0.15) is 11.9 Å². The monoisotopic (exact) mass is 376 g/mol. The van der Waals surface area contributed by atoms with Gasteiger partial charge in [-0.3, -0.25) is 0 Å². The maximum absolute atomic E-state index is 14.2. The first-order valence-corrected chi connectivity index (χ1v) is 7.86. The minimum absolute atomic E-state index is 0.140. The summed E-state index contributed by atoms with van der Waals surface area (Å²) in [6.07, 6.45) is -4.80. The van der Waals surface area contributed by atoms with Gasteiger partial charge < -0.3 is 15.1 Å². The lowest BCUT2D eigenvalue weighted by Gasteiger charge is -2.37. The molecule has 1 aromatic heterocycles. The summed E-state index contributed by atoms with van der Waals surface area (Å²) in [7, 11) is 0. The highest BCUT2D eigenvalue weighted by molar-refractivity contribution is 5.91. The van der Waals surface area contributed by atoms with E-state index >= 15 is 0 Å². The molecule has 1 aromatic rings. The predicted octanol–water partition coefficient (Wildman–Crippen LogP) is 1.83. The summed E-state index contributed by atoms with van der Waals surface area (Å²) < 4.78 is 52.5. The molecule has 1 fully saturated rings. The Labute approximate surface area is 145 Å². The van der Waals surface area contributed by atoms with Gasteiger partial charge in [-0.1, -0.05) is 6.92 Å². The number of aliphatic hydroxyl groups excluding tert-OH is 1. The van der Waals surface area contributed by atoms with Crippen molar-refractivity contribution < 1.29 is 32.6 Å². The first kappa shape index (κ1) is 18.4. The van der Waals surface area contributed by atoms with Crippen LogP contribution in [0.2, 0.25) is 0 Å². The summed E-state index contributed by atoms with van der Waals surface area (Å²) >= 11 is 0. The Morgan fingerprint density at radius 1 is 1.38 bits per heavy atom. The molecule has 0 bridgehead atoms. The fourth-order valence-electron chi connectivity index (χ4n) is 3.18. The van der Waals surface area contributed by atoms with E-state index in [0.717, 1.165) is 17.3 Å². The molecule has 11 heteroatoms. The van der Waals surface area contributed by atoms with Crippen LogP contribution in [0.1, 0.15) is 31.0 Å². The lowest BCUT2D eigenvalue weighted by atomic mass is 9.93. The number of aliphatic carboxylic acids is 1. The number of carboxylic acids is 1. The van der Waals surface area contributed by atoms with Gasteiger partial charge in [-0.05, 0) is 18.9 Å². The number of rotatable bonds is 3. The standard InChI is InChI=1S/C15H16F4N4O3/c1-7-2-3-9(13(24)25)23-12(7)21-22(14(23)26)6-8-4-5-20-11(10(8)16)15(17,18)19/h4-5,7,9,14,26H,2-3,6H2,1H3,(H,24,25). The summed E-state index contributed by atoms with van der Waals surface area (Å²) in [6, 6.07) is 0.0605. The largest absolute Gasteiger partial charge is 0.480 e. The Morgan fingerprint density at radius 2 is 2.08 bits per heavy atom. The second-order valence-corrected chi connectivity index (χ2v) is 6.27. The molecule has 3 heterocycles. The first-order valence-electron chi connectivity index (χ1n) is 7.86. The number of hydrogen-bond acceptors (Lipinski definition) is 6. The maximum atomic E-state index is 14.2. The Morgan fingerprint density at radius 3 is 2.69 bits per heavy atom. The van der Waals surface area contributed by atoms with Gasteiger partial charge in [-0.25, -0.2) is 19.2 Å². The number of nitrogens with zero attached hydrogens (tertiary/aromatic N) is 4. The van der Waals surface area contributed by atoms with E-state index in [-0.39, 0.29) is 11.5 Å². The van der Waals surface area contributed by atoms with E-state index in [1.54, 1.807) is 6.92 Å². The van der Waals surface area contributed by atoms with Crippen LogP contribution in [0.25, 0.3) is 0 Å². The molecule has 142 valence electrons. The van der Waals surface area contributed by atoms with Crippen molar-refractivity contribution in [3.63, 3.8) is 0 Å². The van der Waals surface area contributed by atoms with E-state index in [1.807, 2.05) is 0 Å². The van der Waals surface area contributed by atoms with E-state index in [9.17, 15) is 32.6 Å². The first-order chi connectivity index (χ1) is 12.1. The van der Waals surface area contributed by atoms with Crippen LogP contribution >= 0.6 is 0 Å². The third kappa shape index (κ3) is 3.06. The van der Waals surface area contributed by atoms with E-state index < -0.39 is 42.6 Å². The summed E-state index contributed by atoms with van der Waals surface area (Å²) in [4.78, 5) is 15.6. The van der Waals surface area contributed by atoms with Crippen molar-refractivity contribution in [1.29, 1.82) is 0 Å². The molecule has 0 amide bonds. The molecule has 0 aromatic carbocycles. The number of halogens is 4. The van der Waals surface area contributed by atoms with Crippen LogP contribution in [0.5, 0.6) is 0 Å². The van der Waals surface area contributed by atoms with Crippen LogP contribution in [0.4, 0.5) is 17.6 Å². The molecule has 7 nitrogen and oxygen atoms in total. The minimum Gasteiger partial charge on any atom is -0.480 e. The molecule has 0 saturated carbocycles. The zero-order valence-electron chi connectivity index (χ0n) is 13.6. The number of fused-ring (bicyclic) bond motifs is 1. The molecular weight excluding hydrogens is 360 g/mol. The Kier molecular flexibility index (Phi) is 4.51. The van der Waals surface area contributed by atoms with Gasteiger partial charge in [-0.2, -0.15) is 18.3 Å². The summed E-state index contributed by atoms with van der Waals surface area (Å²) in [5.41, 5.74) is -2.00. The predicted molar refractivity (Wildman–Crippen MR) is 79.8 cm³/mol. The molecular formula is C15H16F4N4O3. The van der Waals surface area contributed by atoms with Gasteiger partial charge in [0.25, 0.3) is 0 Å². The number of aromatic nitrogens is 1. The number of carboxylic acid groups (broad SMARTS) is 1. The molecule has 0 radical (unpaired) electrons. The number of piperidine rings is 1. The van der Waals surface area contributed by atoms with E-state index in [4.69, 9.17) is 0 Å². The van der Waals surface area contributed by atoms with Crippen LogP contribution in [0.15, 0.2) is 17.4 Å². The highest BCUT2D eigenvalue weighted by Gasteiger charge is 2.45. The number of hydrazone groups is 1. The van der Waals surface area contributed by atoms with Crippen LogP contribution in [-0.4, -0.2) is 49.3 Å². The van der Waals surface area contributed by atoms with Crippen molar-refractivity contribution in [2.75, 3.05) is 0 Å². The van der Waals surface area contributed by atoms with Crippen molar-refractivity contribution in [3.05, 3.63) is 29.3 Å². The summed E-state index contributed by atoms with van der Waals surface area (Å²) in [5, 5.41) is 24.8. The van der Waals surface area contributed by atoms with E-state index in [2.05, 4.69) is 10.1 Å². The van der Waals surface area contributed by atoms with Gasteiger partial charge in [0.15, 0.2) is 11.5 Å². The smallest absolute Gasteiger partial charge is 0.436 e. The summed E-state index contributed by atoms with van der Waals surface area (Å²) in [5.74, 6) is -2.50. The van der Waals surface area contributed by atoms with Gasteiger partial charge >= 0.3 is 12.1 Å². The van der Waals surface area contributed by atoms with Crippen molar-refractivity contribution in [2.45, 2.75) is 44.9 Å². The number of aliphatic hydroxyl groups is 1. The summed E-state index contributed by atoms with van der Waals surface area (Å²) in [6.45, 7) is 1.34. The molecule has 26 heavy (non-hydrogen) atoms. The third-order valence-electron chi connectivity index (χ3n) is 4.52. The van der Waals surface area contributed by atoms with Gasteiger partial charge in [0, 0.05) is 17.7 Å². The number of alkyl halides is 3. The maximum Gasteiger partial charge on any atom is 0.436 e. The van der Waals surface area contributed by atoms with Crippen LogP contribution in [-0.2, 0) is 17.5 Å². The SMILES string of the molecule is CC1CCC(C(=O)O)N2C1=NN(Cc1ccnc(C(F)(F)F)c1F)C2O. The van der Waals surface area contributed by atoms with E-state index in [0.29, 0.717) is 18.7 Å². The lowest BCUT2D eigenvalue weighted by Crippen LogP contribution is -2.54. The van der Waals surface area contributed by atoms with Gasteiger partial charge in [-0.15, -0.1) is 0 Å². The van der Waals surface area contributed by atoms with Gasteiger partial charge in [0.05, 0.1) is 6.54 Å². The fraction of sp³-hybridized carbons (Fsp3) is 0.533. The third-order valence-corrected chi connectivity index (χ3v) is 4.52. The molecule has 2 aliphatic rings. The van der Waals surface area contributed by atoms with E-state index in [1.165, 1.54) is 4.90 Å². The molecule has 3 rings (SSSR count). The van der Waals surface area contributed by atoms with Crippen molar-refractivity contribution >= 4 is 11.8 Å². The van der Waals surface area contributed by atoms with Crippen molar-refractivity contribution in [1.82, 2.24) is 14.9 Å². The molecule has 2 N–H and O–H groups in total. The highest BCUT2D eigenvalue weighted by atomic mass is 19.4. The number of carbonyl (C=O) groups is 1. The molecule has 0 spiro atoms.